The van der Waals surface area contributed by atoms with Crippen LogP contribution < -0.4 is 25.2 Å². The second-order valence-corrected chi connectivity index (χ2v) is 13.5. The molecular weight excluding hydrogens is 576 g/mol. The van der Waals surface area contributed by atoms with Crippen LogP contribution in [0.15, 0.2) is 54.7 Å². The van der Waals surface area contributed by atoms with Crippen molar-refractivity contribution in [1.82, 2.24) is 20.5 Å². The number of rotatable bonds is 8. The molecule has 5 heterocycles. The third-order valence-corrected chi connectivity index (χ3v) is 10.4. The van der Waals surface area contributed by atoms with E-state index >= 15 is 0 Å². The van der Waals surface area contributed by atoms with Gasteiger partial charge in [-0.2, -0.15) is 0 Å². The fraction of sp³-hybridized carbons (Fsp3) is 0.486. The van der Waals surface area contributed by atoms with Crippen LogP contribution in [0.3, 0.4) is 0 Å². The molecule has 0 saturated carbocycles. The maximum absolute atomic E-state index is 13.3. The van der Waals surface area contributed by atoms with E-state index in [9.17, 15) is 9.59 Å². The lowest BCUT2D eigenvalue weighted by molar-refractivity contribution is 0.0923. The van der Waals surface area contributed by atoms with Crippen LogP contribution in [-0.4, -0.2) is 86.2 Å². The first-order valence-electron chi connectivity index (χ1n) is 17.0. The number of nitrogens with one attached hydrogen (secondary N) is 2. The molecule has 3 aromatic rings. The standard InChI is InChI=1S/C37H46N6O3/c1-25-33(13-7-27-4-3-21-46-35(25)27)37(45)40-29-22-31-11-12-32(23-29)43(31)34-14-8-28(24-39-34)36(44)38-16-15-26-5-9-30(10-6-26)42-19-17-41(2)18-20-42/h5-10,13-14,24,29,31-32H,3-4,11-12,15-23H2,1-2H3,(H,38,44)(H,40,45). The predicted octanol–water partition coefficient (Wildman–Crippen LogP) is 4.37. The van der Waals surface area contributed by atoms with Crippen molar-refractivity contribution >= 4 is 23.3 Å². The number of nitrogens with zero attached hydrogens (tertiary/aromatic N) is 4. The first kappa shape index (κ1) is 30.5. The van der Waals surface area contributed by atoms with Crippen LogP contribution >= 0.6 is 0 Å². The summed E-state index contributed by atoms with van der Waals surface area (Å²) >= 11 is 0. The topological polar surface area (TPSA) is 90.0 Å². The van der Waals surface area contributed by atoms with Gasteiger partial charge in [0.1, 0.15) is 11.6 Å². The number of aromatic nitrogens is 1. The van der Waals surface area contributed by atoms with Gasteiger partial charge in [-0.1, -0.05) is 18.2 Å². The van der Waals surface area contributed by atoms with Crippen molar-refractivity contribution in [3.05, 3.63) is 82.5 Å². The summed E-state index contributed by atoms with van der Waals surface area (Å²) in [6.45, 7) is 7.59. The number of ether oxygens (including phenoxy) is 1. The lowest BCUT2D eigenvalue weighted by Crippen LogP contribution is -2.50. The molecule has 3 fully saturated rings. The number of fused-ring (bicyclic) bond motifs is 3. The largest absolute Gasteiger partial charge is 0.493 e. The first-order valence-corrected chi connectivity index (χ1v) is 17.0. The normalized spacial score (nSPS) is 22.6. The number of hydrogen-bond acceptors (Lipinski definition) is 7. The molecule has 0 spiro atoms. The monoisotopic (exact) mass is 622 g/mol. The fourth-order valence-corrected chi connectivity index (χ4v) is 7.79. The highest BCUT2D eigenvalue weighted by Gasteiger charge is 2.42. The molecule has 1 aromatic heterocycles. The zero-order valence-electron chi connectivity index (χ0n) is 27.1. The Hall–Kier alpha value is -4.11. The van der Waals surface area contributed by atoms with E-state index in [2.05, 4.69) is 56.6 Å². The third kappa shape index (κ3) is 6.43. The number of carbonyl (C=O) groups is 2. The van der Waals surface area contributed by atoms with Crippen LogP contribution in [0, 0.1) is 6.92 Å². The highest BCUT2D eigenvalue weighted by atomic mass is 16.5. The maximum atomic E-state index is 13.3. The molecule has 0 aliphatic carbocycles. The van der Waals surface area contributed by atoms with E-state index in [1.165, 1.54) is 16.8 Å². The Morgan fingerprint density at radius 1 is 0.935 bits per heavy atom. The summed E-state index contributed by atoms with van der Waals surface area (Å²) in [6.07, 6.45) is 8.47. The minimum Gasteiger partial charge on any atom is -0.493 e. The Morgan fingerprint density at radius 2 is 1.70 bits per heavy atom. The molecule has 2 N–H and O–H groups in total. The van der Waals surface area contributed by atoms with Crippen LogP contribution in [0.5, 0.6) is 5.75 Å². The Bertz CT molecular complexity index is 1540. The number of pyridine rings is 1. The second-order valence-electron chi connectivity index (χ2n) is 13.5. The summed E-state index contributed by atoms with van der Waals surface area (Å²) in [4.78, 5) is 38.1. The van der Waals surface area contributed by atoms with Crippen molar-refractivity contribution in [2.45, 2.75) is 70.0 Å². The number of anilines is 2. The van der Waals surface area contributed by atoms with E-state index < -0.39 is 0 Å². The lowest BCUT2D eigenvalue weighted by Gasteiger charge is -2.40. The van der Waals surface area contributed by atoms with Crippen molar-refractivity contribution in [2.24, 2.45) is 0 Å². The summed E-state index contributed by atoms with van der Waals surface area (Å²) in [5, 5.41) is 6.39. The molecule has 2 aromatic carbocycles. The van der Waals surface area contributed by atoms with Crippen molar-refractivity contribution in [3.63, 3.8) is 0 Å². The van der Waals surface area contributed by atoms with E-state index in [0.29, 0.717) is 36.4 Å². The minimum absolute atomic E-state index is 0.0107. The summed E-state index contributed by atoms with van der Waals surface area (Å²) in [5.41, 5.74) is 5.92. The molecule has 9 heteroatoms. The number of piperazine rings is 1. The maximum Gasteiger partial charge on any atom is 0.252 e. The van der Waals surface area contributed by atoms with Gasteiger partial charge in [-0.3, -0.25) is 9.59 Å². The van der Waals surface area contributed by atoms with Gasteiger partial charge in [0.05, 0.1) is 12.2 Å². The van der Waals surface area contributed by atoms with E-state index in [0.717, 1.165) is 88.3 Å². The van der Waals surface area contributed by atoms with Gasteiger partial charge in [0, 0.05) is 73.9 Å². The first-order chi connectivity index (χ1) is 22.4. The quantitative estimate of drug-likeness (QED) is 0.386. The van der Waals surface area contributed by atoms with Gasteiger partial charge in [0.15, 0.2) is 0 Å². The lowest BCUT2D eigenvalue weighted by atomic mass is 9.95. The average Bonchev–Trinajstić information content (AvgIpc) is 3.35. The van der Waals surface area contributed by atoms with Gasteiger partial charge in [-0.05, 0) is 100 Å². The number of aryl methyl sites for hydroxylation is 1. The summed E-state index contributed by atoms with van der Waals surface area (Å²) < 4.78 is 5.91. The molecule has 4 aliphatic heterocycles. The van der Waals surface area contributed by atoms with Gasteiger partial charge in [-0.25, -0.2) is 4.98 Å². The van der Waals surface area contributed by atoms with Gasteiger partial charge in [-0.15, -0.1) is 0 Å². The third-order valence-electron chi connectivity index (χ3n) is 10.4. The zero-order chi connectivity index (χ0) is 31.6. The Morgan fingerprint density at radius 3 is 2.41 bits per heavy atom. The van der Waals surface area contributed by atoms with E-state index in [-0.39, 0.29) is 17.9 Å². The van der Waals surface area contributed by atoms with Gasteiger partial charge >= 0.3 is 0 Å². The molecule has 4 aliphatic rings. The van der Waals surface area contributed by atoms with Crippen LogP contribution in [-0.2, 0) is 12.8 Å². The Kier molecular flexibility index (Phi) is 8.84. The van der Waals surface area contributed by atoms with Crippen LogP contribution in [0.25, 0.3) is 0 Å². The van der Waals surface area contributed by atoms with Gasteiger partial charge in [0.2, 0.25) is 0 Å². The van der Waals surface area contributed by atoms with Crippen molar-refractivity contribution in [2.75, 3.05) is 56.2 Å². The highest BCUT2D eigenvalue weighted by Crippen LogP contribution is 2.39. The van der Waals surface area contributed by atoms with E-state index in [4.69, 9.17) is 9.72 Å². The second kappa shape index (κ2) is 13.3. The molecule has 2 bridgehead atoms. The molecule has 2 atom stereocenters. The average molecular weight is 623 g/mol. The number of likely N-dealkylation sites (N-methyl/N-ethyl adjacent to an activating group) is 1. The SMILES string of the molecule is Cc1c(C(=O)NC2CC3CCC(C2)N3c2ccc(C(=O)NCCc3ccc(N4CCN(C)CC4)cc3)cn2)ccc2c1OCCC2. The van der Waals surface area contributed by atoms with Crippen molar-refractivity contribution < 1.29 is 14.3 Å². The van der Waals surface area contributed by atoms with E-state index in [1.54, 1.807) is 6.20 Å². The number of carbonyl (C=O) groups excluding carboxylic acids is 2. The number of benzene rings is 2. The predicted molar refractivity (Wildman–Crippen MR) is 181 cm³/mol. The summed E-state index contributed by atoms with van der Waals surface area (Å²) in [5.74, 6) is 1.70. The molecule has 242 valence electrons. The van der Waals surface area contributed by atoms with Crippen LogP contribution in [0.1, 0.15) is 69.5 Å². The van der Waals surface area contributed by atoms with Crippen LogP contribution in [0.4, 0.5) is 11.5 Å². The number of piperidine rings is 1. The molecule has 2 unspecified atom stereocenters. The smallest absolute Gasteiger partial charge is 0.252 e. The highest BCUT2D eigenvalue weighted by molar-refractivity contribution is 5.96. The fourth-order valence-electron chi connectivity index (χ4n) is 7.79. The number of hydrogen-bond donors (Lipinski definition) is 2. The number of amides is 2. The molecular formula is C37H46N6O3. The molecule has 2 amide bonds. The van der Waals surface area contributed by atoms with Crippen molar-refractivity contribution in [3.8, 4) is 5.75 Å². The Balaban J connectivity index is 0.896. The molecule has 0 radical (unpaired) electrons. The minimum atomic E-state index is -0.0969. The molecule has 46 heavy (non-hydrogen) atoms. The van der Waals surface area contributed by atoms with Crippen molar-refractivity contribution in [1.29, 1.82) is 0 Å². The zero-order valence-corrected chi connectivity index (χ0v) is 27.1. The van der Waals surface area contributed by atoms with Gasteiger partial charge in [0.25, 0.3) is 11.8 Å². The molecule has 7 rings (SSSR count). The summed E-state index contributed by atoms with van der Waals surface area (Å²) in [7, 11) is 2.17. The van der Waals surface area contributed by atoms with Gasteiger partial charge < -0.3 is 30.1 Å². The Labute approximate surface area is 272 Å². The molecule has 3 saturated heterocycles. The van der Waals surface area contributed by atoms with E-state index in [1.807, 2.05) is 31.2 Å². The summed E-state index contributed by atoms with van der Waals surface area (Å²) in [6, 6.07) is 17.4. The molecule has 9 nitrogen and oxygen atoms in total. The van der Waals surface area contributed by atoms with Crippen LogP contribution in [0.2, 0.25) is 0 Å².